The van der Waals surface area contributed by atoms with E-state index >= 15 is 0 Å². The maximum absolute atomic E-state index is 13.0. The molecule has 2 aromatic rings. The van der Waals surface area contributed by atoms with Gasteiger partial charge in [0.25, 0.3) is 5.91 Å². The number of hydrogen-bond acceptors (Lipinski definition) is 4. The first-order valence-electron chi connectivity index (χ1n) is 9.20. The van der Waals surface area contributed by atoms with Gasteiger partial charge in [0.05, 0.1) is 5.56 Å². The summed E-state index contributed by atoms with van der Waals surface area (Å²) >= 11 is 5.80. The Kier molecular flexibility index (Phi) is 8.05. The molecule has 1 heterocycles. The largest absolute Gasteiger partial charge is 0.419 e. The van der Waals surface area contributed by atoms with E-state index in [0.29, 0.717) is 10.6 Å². The van der Waals surface area contributed by atoms with E-state index < -0.39 is 29.6 Å². The molecule has 0 radical (unpaired) electrons. The van der Waals surface area contributed by atoms with Gasteiger partial charge in [-0.2, -0.15) is 13.2 Å². The van der Waals surface area contributed by atoms with Crippen LogP contribution in [0.4, 0.5) is 19.0 Å². The van der Waals surface area contributed by atoms with Gasteiger partial charge in [0, 0.05) is 29.9 Å². The number of carbonyl (C=O) groups is 2. The highest BCUT2D eigenvalue weighted by atomic mass is 35.5. The number of hydrogen-bond donors (Lipinski definition) is 3. The van der Waals surface area contributed by atoms with Crippen LogP contribution in [0.5, 0.6) is 0 Å². The van der Waals surface area contributed by atoms with E-state index in [1.54, 1.807) is 38.1 Å². The van der Waals surface area contributed by atoms with Gasteiger partial charge in [-0.25, -0.2) is 4.98 Å². The van der Waals surface area contributed by atoms with Crippen LogP contribution in [0.3, 0.4) is 0 Å². The number of halogens is 4. The lowest BCUT2D eigenvalue weighted by Gasteiger charge is -2.22. The van der Waals surface area contributed by atoms with Gasteiger partial charge in [0.1, 0.15) is 11.9 Å². The highest BCUT2D eigenvalue weighted by Gasteiger charge is 2.34. The van der Waals surface area contributed by atoms with Crippen LogP contribution in [0.15, 0.2) is 42.6 Å². The molecule has 30 heavy (non-hydrogen) atoms. The second kappa shape index (κ2) is 10.3. The summed E-state index contributed by atoms with van der Waals surface area (Å²) in [4.78, 5) is 28.5. The van der Waals surface area contributed by atoms with Gasteiger partial charge < -0.3 is 16.0 Å². The summed E-state index contributed by atoms with van der Waals surface area (Å²) in [5, 5.41) is 8.33. The third-order valence-electron chi connectivity index (χ3n) is 4.17. The van der Waals surface area contributed by atoms with E-state index in [0.717, 1.165) is 6.07 Å². The van der Waals surface area contributed by atoms with Gasteiger partial charge in [-0.15, -0.1) is 0 Å². The number of alkyl halides is 3. The molecule has 0 bridgehead atoms. The van der Waals surface area contributed by atoms with E-state index in [2.05, 4.69) is 20.9 Å². The molecule has 162 valence electrons. The molecule has 1 aromatic heterocycles. The van der Waals surface area contributed by atoms with Crippen LogP contribution >= 0.6 is 11.6 Å². The summed E-state index contributed by atoms with van der Waals surface area (Å²) in [5.74, 6) is -1.38. The van der Waals surface area contributed by atoms with Gasteiger partial charge in [-0.05, 0) is 42.3 Å². The van der Waals surface area contributed by atoms with Crippen molar-refractivity contribution < 1.29 is 22.8 Å². The lowest BCUT2D eigenvalue weighted by atomic mass is 10.0. The fourth-order valence-corrected chi connectivity index (χ4v) is 2.74. The number of carbonyl (C=O) groups excluding carboxylic acids is 2. The molecule has 0 aliphatic carbocycles. The predicted molar refractivity (Wildman–Crippen MR) is 108 cm³/mol. The first-order chi connectivity index (χ1) is 14.1. The molecular weight excluding hydrogens is 421 g/mol. The lowest BCUT2D eigenvalue weighted by molar-refractivity contribution is -0.137. The van der Waals surface area contributed by atoms with Gasteiger partial charge in [-0.1, -0.05) is 25.4 Å². The van der Waals surface area contributed by atoms with Crippen molar-refractivity contribution in [3.05, 3.63) is 58.7 Å². The zero-order chi connectivity index (χ0) is 22.3. The standard InChI is InChI=1S/C20H22ClF3N4O2/c1-12(2)16(28-18(29)13-5-7-14(21)8-6-13)19(30)27-11-10-26-17-15(20(22,23)24)4-3-9-25-17/h3-9,12,16H,10-11H2,1-2H3,(H,25,26)(H,27,30)(H,28,29)/t16-/m0/s1. The summed E-state index contributed by atoms with van der Waals surface area (Å²) in [5.41, 5.74) is -0.527. The molecule has 6 nitrogen and oxygen atoms in total. The molecule has 1 aromatic carbocycles. The molecule has 0 aliphatic heterocycles. The van der Waals surface area contributed by atoms with Crippen LogP contribution in [0, 0.1) is 5.92 Å². The van der Waals surface area contributed by atoms with Crippen molar-refractivity contribution in [1.29, 1.82) is 0 Å². The second-order valence-electron chi connectivity index (χ2n) is 6.82. The molecule has 0 aliphatic rings. The van der Waals surface area contributed by atoms with Crippen LogP contribution in [-0.2, 0) is 11.0 Å². The first-order valence-corrected chi connectivity index (χ1v) is 9.57. The van der Waals surface area contributed by atoms with E-state index in [-0.39, 0.29) is 24.8 Å². The van der Waals surface area contributed by atoms with Crippen molar-refractivity contribution in [2.24, 2.45) is 5.92 Å². The average Bonchev–Trinajstić information content (AvgIpc) is 2.69. The molecule has 10 heteroatoms. The van der Waals surface area contributed by atoms with Crippen molar-refractivity contribution in [3.8, 4) is 0 Å². The minimum absolute atomic E-state index is 0.0295. The molecule has 0 saturated carbocycles. The third kappa shape index (κ3) is 6.62. The molecule has 0 saturated heterocycles. The number of rotatable bonds is 8. The van der Waals surface area contributed by atoms with Crippen LogP contribution in [-0.4, -0.2) is 35.9 Å². The monoisotopic (exact) mass is 442 g/mol. The van der Waals surface area contributed by atoms with Crippen molar-refractivity contribution in [1.82, 2.24) is 15.6 Å². The maximum Gasteiger partial charge on any atom is 0.419 e. The van der Waals surface area contributed by atoms with E-state index in [9.17, 15) is 22.8 Å². The number of benzene rings is 1. The van der Waals surface area contributed by atoms with E-state index in [1.165, 1.54) is 12.3 Å². The molecule has 0 spiro atoms. The summed E-state index contributed by atoms with van der Waals surface area (Å²) in [6.45, 7) is 3.62. The van der Waals surface area contributed by atoms with Crippen LogP contribution in [0.1, 0.15) is 29.8 Å². The zero-order valence-electron chi connectivity index (χ0n) is 16.4. The summed E-state index contributed by atoms with van der Waals surface area (Å²) in [6, 6.07) is 7.54. The van der Waals surface area contributed by atoms with Gasteiger partial charge in [-0.3, -0.25) is 9.59 Å². The minimum Gasteiger partial charge on any atom is -0.368 e. The number of amides is 2. The van der Waals surface area contributed by atoms with Gasteiger partial charge in [0.15, 0.2) is 0 Å². The Labute approximate surface area is 177 Å². The van der Waals surface area contributed by atoms with Crippen LogP contribution in [0.25, 0.3) is 0 Å². The van der Waals surface area contributed by atoms with Gasteiger partial charge >= 0.3 is 6.18 Å². The van der Waals surface area contributed by atoms with Crippen LogP contribution < -0.4 is 16.0 Å². The Hall–Kier alpha value is -2.81. The second-order valence-corrected chi connectivity index (χ2v) is 7.25. The quantitative estimate of drug-likeness (QED) is 0.544. The molecular formula is C20H22ClF3N4O2. The molecule has 0 fully saturated rings. The predicted octanol–water partition coefficient (Wildman–Crippen LogP) is 3.74. The average molecular weight is 443 g/mol. The topological polar surface area (TPSA) is 83.1 Å². The summed E-state index contributed by atoms with van der Waals surface area (Å²) in [6.07, 6.45) is -3.29. The Morgan fingerprint density at radius 3 is 2.37 bits per heavy atom. The van der Waals surface area contributed by atoms with Crippen LogP contribution in [0.2, 0.25) is 5.02 Å². The molecule has 3 N–H and O–H groups in total. The number of anilines is 1. The van der Waals surface area contributed by atoms with E-state index in [1.807, 2.05) is 0 Å². The summed E-state index contributed by atoms with van der Waals surface area (Å²) in [7, 11) is 0. The number of nitrogens with one attached hydrogen (secondary N) is 3. The van der Waals surface area contributed by atoms with Crippen molar-refractivity contribution >= 4 is 29.2 Å². The Morgan fingerprint density at radius 2 is 1.77 bits per heavy atom. The highest BCUT2D eigenvalue weighted by molar-refractivity contribution is 6.30. The number of nitrogens with zero attached hydrogens (tertiary/aromatic N) is 1. The molecule has 0 unspecified atom stereocenters. The Balaban J connectivity index is 1.90. The van der Waals surface area contributed by atoms with Crippen molar-refractivity contribution in [2.45, 2.75) is 26.1 Å². The molecule has 1 atom stereocenters. The minimum atomic E-state index is -4.53. The van der Waals surface area contributed by atoms with Crippen molar-refractivity contribution in [3.63, 3.8) is 0 Å². The maximum atomic E-state index is 13.0. The Morgan fingerprint density at radius 1 is 1.10 bits per heavy atom. The van der Waals surface area contributed by atoms with Gasteiger partial charge in [0.2, 0.25) is 5.91 Å². The van der Waals surface area contributed by atoms with Crippen molar-refractivity contribution in [2.75, 3.05) is 18.4 Å². The number of pyridine rings is 1. The Bertz CT molecular complexity index is 873. The fraction of sp³-hybridized carbons (Fsp3) is 0.350. The van der Waals surface area contributed by atoms with E-state index in [4.69, 9.17) is 11.6 Å². The summed E-state index contributed by atoms with van der Waals surface area (Å²) < 4.78 is 38.9. The first kappa shape index (κ1) is 23.5. The normalized spacial score (nSPS) is 12.4. The number of aromatic nitrogens is 1. The SMILES string of the molecule is CC(C)[C@H](NC(=O)c1ccc(Cl)cc1)C(=O)NCCNc1ncccc1C(F)(F)F. The fourth-order valence-electron chi connectivity index (χ4n) is 2.61. The smallest absolute Gasteiger partial charge is 0.368 e. The molecule has 2 rings (SSSR count). The third-order valence-corrected chi connectivity index (χ3v) is 4.42. The zero-order valence-corrected chi connectivity index (χ0v) is 17.1. The lowest BCUT2D eigenvalue weighted by Crippen LogP contribution is -2.50. The highest BCUT2D eigenvalue weighted by Crippen LogP contribution is 2.33. The molecule has 2 amide bonds.